The lowest BCUT2D eigenvalue weighted by atomic mass is 9.93. The van der Waals surface area contributed by atoms with Crippen LogP contribution in [0.1, 0.15) is 26.5 Å². The van der Waals surface area contributed by atoms with E-state index in [0.717, 1.165) is 5.69 Å². The zero-order valence-electron chi connectivity index (χ0n) is 8.59. The topological polar surface area (TPSA) is 58.0 Å². The molecule has 0 spiro atoms. The third-order valence-corrected chi connectivity index (χ3v) is 2.71. The van der Waals surface area contributed by atoms with E-state index in [9.17, 15) is 4.79 Å². The Balaban J connectivity index is 3.22. The average molecular weight is 263 g/mol. The summed E-state index contributed by atoms with van der Waals surface area (Å²) < 4.78 is 1.96. The minimum atomic E-state index is -0.121. The maximum atomic E-state index is 11.6. The molecule has 0 aliphatic rings. The van der Waals surface area contributed by atoms with Crippen molar-refractivity contribution < 1.29 is 5.11 Å². The summed E-state index contributed by atoms with van der Waals surface area (Å²) in [7, 11) is 0. The van der Waals surface area contributed by atoms with Gasteiger partial charge in [-0.05, 0) is 15.9 Å². The number of nitrogens with one attached hydrogen (secondary N) is 1. The van der Waals surface area contributed by atoms with Crippen LogP contribution in [0.2, 0.25) is 0 Å². The van der Waals surface area contributed by atoms with Crippen LogP contribution in [0.15, 0.2) is 9.27 Å². The van der Waals surface area contributed by atoms with Gasteiger partial charge >= 0.3 is 0 Å². The zero-order chi connectivity index (χ0) is 10.9. The minimum absolute atomic E-state index is 0.0452. The molecule has 2 N–H and O–H groups in total. The number of halogens is 1. The van der Waals surface area contributed by atoms with Gasteiger partial charge in [0.2, 0.25) is 0 Å². The normalized spacial score (nSPS) is 12.1. The maximum absolute atomic E-state index is 11.6. The predicted molar refractivity (Wildman–Crippen MR) is 58.5 cm³/mol. The number of H-pyrrole nitrogens is 1. The Labute approximate surface area is 91.1 Å². The Bertz CT molecular complexity index is 373. The van der Waals surface area contributed by atoms with E-state index in [1.54, 1.807) is 0 Å². The number of aliphatic hydroxyl groups excluding tert-OH is 1. The fraction of sp³-hybridized carbons (Fsp3) is 0.667. The van der Waals surface area contributed by atoms with Gasteiger partial charge in [-0.2, -0.15) is 0 Å². The van der Waals surface area contributed by atoms with Gasteiger partial charge in [0.1, 0.15) is 4.47 Å². The van der Waals surface area contributed by atoms with Crippen LogP contribution in [0.3, 0.4) is 0 Å². The van der Waals surface area contributed by atoms with Gasteiger partial charge in [0.25, 0.3) is 5.56 Å². The molecular weight excluding hydrogens is 248 g/mol. The number of rotatable bonds is 2. The van der Waals surface area contributed by atoms with E-state index in [0.29, 0.717) is 11.0 Å². The molecular formula is C9H15BrN2O2. The molecule has 4 nitrogen and oxygen atoms in total. The fourth-order valence-electron chi connectivity index (χ4n) is 1.21. The van der Waals surface area contributed by atoms with Crippen molar-refractivity contribution in [2.45, 2.75) is 32.7 Å². The highest BCUT2D eigenvalue weighted by atomic mass is 79.9. The second-order valence-electron chi connectivity index (χ2n) is 4.23. The first kappa shape index (κ1) is 11.5. The molecule has 0 atom stereocenters. The van der Waals surface area contributed by atoms with E-state index in [1.165, 1.54) is 4.68 Å². The fourth-order valence-corrected chi connectivity index (χ4v) is 2.11. The second kappa shape index (κ2) is 3.90. The van der Waals surface area contributed by atoms with Gasteiger partial charge in [-0.25, -0.2) is 4.68 Å². The largest absolute Gasteiger partial charge is 0.394 e. The maximum Gasteiger partial charge on any atom is 0.281 e. The molecule has 0 bridgehead atoms. The van der Waals surface area contributed by atoms with Crippen LogP contribution in [0.25, 0.3) is 0 Å². The van der Waals surface area contributed by atoms with Gasteiger partial charge in [-0.3, -0.25) is 9.89 Å². The molecule has 1 heterocycles. The van der Waals surface area contributed by atoms with Gasteiger partial charge in [-0.15, -0.1) is 0 Å². The van der Waals surface area contributed by atoms with Crippen molar-refractivity contribution in [1.82, 2.24) is 9.78 Å². The van der Waals surface area contributed by atoms with Crippen molar-refractivity contribution in [3.05, 3.63) is 20.5 Å². The standard InChI is InChI=1S/C9H15BrN2O2/c1-9(2,3)7-6(10)8(14)12(11-7)4-5-13/h11,13H,4-5H2,1-3H3. The van der Waals surface area contributed by atoms with Gasteiger partial charge < -0.3 is 5.11 Å². The Morgan fingerprint density at radius 3 is 2.43 bits per heavy atom. The molecule has 1 aromatic rings. The molecule has 1 aromatic heterocycles. The number of aromatic amines is 1. The molecule has 14 heavy (non-hydrogen) atoms. The minimum Gasteiger partial charge on any atom is -0.394 e. The summed E-state index contributed by atoms with van der Waals surface area (Å²) >= 11 is 3.26. The van der Waals surface area contributed by atoms with E-state index in [1.807, 2.05) is 20.8 Å². The van der Waals surface area contributed by atoms with Crippen molar-refractivity contribution in [3.63, 3.8) is 0 Å². The highest BCUT2D eigenvalue weighted by Crippen LogP contribution is 2.25. The molecule has 80 valence electrons. The van der Waals surface area contributed by atoms with Crippen LogP contribution in [0, 0.1) is 0 Å². The molecule has 0 aromatic carbocycles. The summed E-state index contributed by atoms with van der Waals surface area (Å²) in [5, 5.41) is 11.7. The quantitative estimate of drug-likeness (QED) is 0.843. The molecule has 1 rings (SSSR count). The monoisotopic (exact) mass is 262 g/mol. The third kappa shape index (κ3) is 2.09. The van der Waals surface area contributed by atoms with E-state index in [-0.39, 0.29) is 17.6 Å². The Morgan fingerprint density at radius 2 is 2.07 bits per heavy atom. The second-order valence-corrected chi connectivity index (χ2v) is 5.02. The molecule has 0 aliphatic carbocycles. The SMILES string of the molecule is CC(C)(C)c1[nH]n(CCO)c(=O)c1Br. The molecule has 0 saturated carbocycles. The van der Waals surface area contributed by atoms with Crippen molar-refractivity contribution in [1.29, 1.82) is 0 Å². The summed E-state index contributed by atoms with van der Waals surface area (Å²) in [6.07, 6.45) is 0. The molecule has 0 saturated heterocycles. The summed E-state index contributed by atoms with van der Waals surface area (Å²) in [6, 6.07) is 0. The number of aliphatic hydroxyl groups is 1. The van der Waals surface area contributed by atoms with Crippen LogP contribution in [0.5, 0.6) is 0 Å². The van der Waals surface area contributed by atoms with Crippen LogP contribution >= 0.6 is 15.9 Å². The highest BCUT2D eigenvalue weighted by molar-refractivity contribution is 9.10. The number of hydrogen-bond donors (Lipinski definition) is 2. The number of hydrogen-bond acceptors (Lipinski definition) is 2. The highest BCUT2D eigenvalue weighted by Gasteiger charge is 2.22. The molecule has 0 unspecified atom stereocenters. The number of nitrogens with zero attached hydrogens (tertiary/aromatic N) is 1. The third-order valence-electron chi connectivity index (χ3n) is 1.97. The summed E-state index contributed by atoms with van der Waals surface area (Å²) in [4.78, 5) is 11.6. The average Bonchev–Trinajstić information content (AvgIpc) is 2.32. The lowest BCUT2D eigenvalue weighted by Gasteiger charge is -2.16. The Kier molecular flexibility index (Phi) is 3.21. The van der Waals surface area contributed by atoms with Crippen molar-refractivity contribution in [2.24, 2.45) is 0 Å². The van der Waals surface area contributed by atoms with E-state index >= 15 is 0 Å². The molecule has 0 amide bonds. The van der Waals surface area contributed by atoms with Gasteiger partial charge in [0, 0.05) is 5.41 Å². The molecule has 0 radical (unpaired) electrons. The van der Waals surface area contributed by atoms with Crippen molar-refractivity contribution >= 4 is 15.9 Å². The predicted octanol–water partition coefficient (Wildman–Crippen LogP) is 1.23. The van der Waals surface area contributed by atoms with Crippen LogP contribution in [-0.2, 0) is 12.0 Å². The smallest absolute Gasteiger partial charge is 0.281 e. The van der Waals surface area contributed by atoms with Crippen LogP contribution in [-0.4, -0.2) is 21.5 Å². The first-order valence-corrected chi connectivity index (χ1v) is 5.27. The van der Waals surface area contributed by atoms with E-state index < -0.39 is 0 Å². The molecule has 0 fully saturated rings. The summed E-state index contributed by atoms with van der Waals surface area (Å²) in [6.45, 7) is 6.31. The zero-order valence-corrected chi connectivity index (χ0v) is 10.2. The molecule has 0 aliphatic heterocycles. The lowest BCUT2D eigenvalue weighted by molar-refractivity contribution is 0.266. The van der Waals surface area contributed by atoms with E-state index in [2.05, 4.69) is 21.0 Å². The first-order chi connectivity index (χ1) is 6.38. The molecule has 5 heteroatoms. The number of aromatic nitrogens is 2. The Morgan fingerprint density at radius 1 is 1.50 bits per heavy atom. The van der Waals surface area contributed by atoms with Gasteiger partial charge in [-0.1, -0.05) is 20.8 Å². The summed E-state index contributed by atoms with van der Waals surface area (Å²) in [5.41, 5.74) is 0.624. The first-order valence-electron chi connectivity index (χ1n) is 4.47. The van der Waals surface area contributed by atoms with Gasteiger partial charge in [0.05, 0.1) is 18.8 Å². The van der Waals surface area contributed by atoms with Crippen molar-refractivity contribution in [2.75, 3.05) is 6.61 Å². The van der Waals surface area contributed by atoms with Crippen LogP contribution < -0.4 is 5.56 Å². The van der Waals surface area contributed by atoms with E-state index in [4.69, 9.17) is 5.11 Å². The van der Waals surface area contributed by atoms with Crippen molar-refractivity contribution in [3.8, 4) is 0 Å². The summed E-state index contributed by atoms with van der Waals surface area (Å²) in [5.74, 6) is 0. The van der Waals surface area contributed by atoms with Gasteiger partial charge in [0.15, 0.2) is 0 Å². The van der Waals surface area contributed by atoms with Crippen LogP contribution in [0.4, 0.5) is 0 Å². The Hall–Kier alpha value is -0.550. The lowest BCUT2D eigenvalue weighted by Crippen LogP contribution is -2.18.